The highest BCUT2D eigenvalue weighted by atomic mass is 16.5. The predicted molar refractivity (Wildman–Crippen MR) is 275 cm³/mol. The number of aromatic carboxylic acids is 2. The average Bonchev–Trinajstić information content (AvgIpc) is 3.42. The van der Waals surface area contributed by atoms with Gasteiger partial charge < -0.3 is 25.2 Å². The Hall–Kier alpha value is -10.6. The minimum absolute atomic E-state index is 0.0300. The molecule has 0 bridgehead atoms. The Balaban J connectivity index is 1.09. The smallest absolute Gasteiger partial charge is 0.338 e. The third kappa shape index (κ3) is 8.73. The summed E-state index contributed by atoms with van der Waals surface area (Å²) >= 11 is 0. The molecular weight excluding hydrogens is 961 g/mol. The molecule has 0 aliphatic carbocycles. The minimum atomic E-state index is -1.35. The fraction of sp³-hybridized carbons (Fsp3) is 0.0339. The summed E-state index contributed by atoms with van der Waals surface area (Å²) in [5, 5.41) is 39.2. The van der Waals surface area contributed by atoms with Crippen molar-refractivity contribution in [1.82, 2.24) is 0 Å². The van der Waals surface area contributed by atoms with Crippen molar-refractivity contribution in [1.29, 1.82) is 0 Å². The molecule has 0 radical (unpaired) electrons. The second-order valence-corrected chi connectivity index (χ2v) is 17.3. The number of anilines is 2. The summed E-state index contributed by atoms with van der Waals surface area (Å²) in [4.78, 5) is 123. The summed E-state index contributed by atoms with van der Waals surface area (Å²) in [6.45, 7) is -0.109. The quantitative estimate of drug-likeness (QED) is 0.0450. The largest absolute Gasteiger partial charge is 0.478 e. The van der Waals surface area contributed by atoms with Crippen LogP contribution in [0.4, 0.5) is 11.4 Å². The monoisotopic (exact) mass is 996 g/mol. The number of hydrogen-bond donors (Lipinski definition) is 4. The van der Waals surface area contributed by atoms with Crippen LogP contribution in [0, 0.1) is 0 Å². The zero-order valence-electron chi connectivity index (χ0n) is 38.8. The molecule has 4 amide bonds. The van der Waals surface area contributed by atoms with Crippen LogP contribution in [0.3, 0.4) is 0 Å². The number of imide groups is 2. The van der Waals surface area contributed by atoms with Crippen molar-refractivity contribution in [2.75, 3.05) is 16.4 Å². The summed E-state index contributed by atoms with van der Waals surface area (Å²) in [7, 11) is 0. The molecule has 0 atom stereocenters. The van der Waals surface area contributed by atoms with Crippen LogP contribution in [-0.2, 0) is 20.7 Å². The van der Waals surface area contributed by atoms with E-state index in [4.69, 9.17) is 14.9 Å². The Morgan fingerprint density at radius 2 is 0.827 bits per heavy atom. The van der Waals surface area contributed by atoms with Gasteiger partial charge in [-0.2, -0.15) is 0 Å². The number of hydrogen-bond acceptors (Lipinski definition) is 10. The molecule has 2 aliphatic heterocycles. The number of esters is 1. The van der Waals surface area contributed by atoms with Gasteiger partial charge in [-0.05, 0) is 106 Å². The molecule has 0 saturated heterocycles. The Morgan fingerprint density at radius 1 is 0.440 bits per heavy atom. The second-order valence-electron chi connectivity index (χ2n) is 17.3. The molecule has 0 aromatic heterocycles. The first-order valence-electron chi connectivity index (χ1n) is 22.9. The molecule has 8 aromatic carbocycles. The molecule has 366 valence electrons. The normalized spacial score (nSPS) is 13.1. The molecule has 0 unspecified atom stereocenters. The number of amides is 4. The predicted octanol–water partition coefficient (Wildman–Crippen LogP) is 9.92. The molecule has 16 nitrogen and oxygen atoms in total. The molecule has 16 heteroatoms. The molecule has 8 aromatic rings. The molecule has 0 fully saturated rings. The van der Waals surface area contributed by atoms with E-state index in [0.29, 0.717) is 39.8 Å². The van der Waals surface area contributed by atoms with E-state index in [-0.39, 0.29) is 78.5 Å². The van der Waals surface area contributed by atoms with Crippen LogP contribution in [0.5, 0.6) is 0 Å². The summed E-state index contributed by atoms with van der Waals surface area (Å²) in [6.07, 6.45) is 4.98. The zero-order chi connectivity index (χ0) is 52.8. The van der Waals surface area contributed by atoms with Crippen LogP contribution in [0.2, 0.25) is 0 Å². The van der Waals surface area contributed by atoms with Crippen molar-refractivity contribution in [2.24, 2.45) is 0 Å². The van der Waals surface area contributed by atoms with Crippen molar-refractivity contribution >= 4 is 98.5 Å². The van der Waals surface area contributed by atoms with Gasteiger partial charge in [-0.15, -0.1) is 0 Å². The fourth-order valence-corrected chi connectivity index (χ4v) is 9.52. The SMILES string of the molecule is O=C(O)/C=C/c1ccc(-c2ccc3c4c(ccc(C(=O)O)c24)C(=O)N(c2cc(C(=O)OCCc4ccccc4)cc(N4C(=O)c5ccc(C(=O)O)c6c(-c7ccc(/C=C/C(=O)O)cc7)ccc(c56)C4=O)c2)C3=O)cc1. The maximum absolute atomic E-state index is 14.9. The molecule has 10 rings (SSSR count). The van der Waals surface area contributed by atoms with Crippen molar-refractivity contribution in [3.63, 3.8) is 0 Å². The lowest BCUT2D eigenvalue weighted by Gasteiger charge is -2.31. The van der Waals surface area contributed by atoms with E-state index >= 15 is 0 Å². The van der Waals surface area contributed by atoms with Gasteiger partial charge in [-0.1, -0.05) is 91.0 Å². The lowest BCUT2D eigenvalue weighted by Crippen LogP contribution is -2.42. The van der Waals surface area contributed by atoms with Crippen molar-refractivity contribution < 1.29 is 68.3 Å². The summed E-state index contributed by atoms with van der Waals surface area (Å²) in [5.74, 6) is -9.70. The van der Waals surface area contributed by atoms with E-state index in [1.807, 2.05) is 30.3 Å². The number of ether oxygens (including phenoxy) is 1. The Bertz CT molecular complexity index is 3650. The van der Waals surface area contributed by atoms with Gasteiger partial charge in [0.15, 0.2) is 0 Å². The lowest BCUT2D eigenvalue weighted by molar-refractivity contribution is -0.132. The fourth-order valence-electron chi connectivity index (χ4n) is 9.52. The Labute approximate surface area is 423 Å². The molecule has 0 saturated carbocycles. The van der Waals surface area contributed by atoms with Crippen molar-refractivity contribution in [3.8, 4) is 22.3 Å². The first kappa shape index (κ1) is 48.0. The van der Waals surface area contributed by atoms with Gasteiger partial charge in [0, 0.05) is 62.4 Å². The molecule has 0 spiro atoms. The van der Waals surface area contributed by atoms with Gasteiger partial charge in [0.1, 0.15) is 0 Å². The van der Waals surface area contributed by atoms with Crippen molar-refractivity contribution in [2.45, 2.75) is 6.42 Å². The highest BCUT2D eigenvalue weighted by Crippen LogP contribution is 2.43. The number of benzene rings is 8. The Morgan fingerprint density at radius 3 is 1.21 bits per heavy atom. The third-order valence-electron chi connectivity index (χ3n) is 12.9. The van der Waals surface area contributed by atoms with Gasteiger partial charge in [0.2, 0.25) is 0 Å². The van der Waals surface area contributed by atoms with Crippen LogP contribution in [-0.4, -0.2) is 80.5 Å². The summed E-state index contributed by atoms with van der Waals surface area (Å²) in [5.41, 5.74) is 2.01. The molecule has 4 N–H and O–H groups in total. The van der Waals surface area contributed by atoms with Gasteiger partial charge in [0.05, 0.1) is 34.7 Å². The number of aliphatic carboxylic acids is 2. The number of rotatable bonds is 14. The molecule has 75 heavy (non-hydrogen) atoms. The van der Waals surface area contributed by atoms with Crippen molar-refractivity contribution in [3.05, 3.63) is 213 Å². The van der Waals surface area contributed by atoms with Crippen LogP contribution >= 0.6 is 0 Å². The summed E-state index contributed by atoms with van der Waals surface area (Å²) < 4.78 is 5.69. The summed E-state index contributed by atoms with van der Waals surface area (Å²) in [6, 6.07) is 36.7. The maximum Gasteiger partial charge on any atom is 0.338 e. The van der Waals surface area contributed by atoms with Gasteiger partial charge in [-0.3, -0.25) is 19.2 Å². The average molecular weight is 997 g/mol. The van der Waals surface area contributed by atoms with Crippen LogP contribution in [0.1, 0.15) is 89.2 Å². The second kappa shape index (κ2) is 19.2. The third-order valence-corrected chi connectivity index (χ3v) is 12.9. The van der Waals surface area contributed by atoms with E-state index < -0.39 is 53.5 Å². The number of carboxylic acids is 4. The highest BCUT2D eigenvalue weighted by Gasteiger charge is 2.40. The number of carbonyl (C=O) groups is 9. The number of carbonyl (C=O) groups excluding carboxylic acids is 5. The number of carboxylic acid groups (broad SMARTS) is 4. The topological polar surface area (TPSA) is 250 Å². The van der Waals surface area contributed by atoms with E-state index in [2.05, 4.69) is 0 Å². The first-order valence-corrected chi connectivity index (χ1v) is 22.9. The molecule has 2 heterocycles. The van der Waals surface area contributed by atoms with Gasteiger partial charge in [-0.25, -0.2) is 33.8 Å². The van der Waals surface area contributed by atoms with E-state index in [9.17, 15) is 53.4 Å². The van der Waals surface area contributed by atoms with Gasteiger partial charge in [0.25, 0.3) is 23.6 Å². The van der Waals surface area contributed by atoms with Gasteiger partial charge >= 0.3 is 29.8 Å². The van der Waals surface area contributed by atoms with E-state index in [0.717, 1.165) is 27.5 Å². The molecular formula is C59H36N2O14. The highest BCUT2D eigenvalue weighted by molar-refractivity contribution is 6.40. The first-order chi connectivity index (χ1) is 36.1. The maximum atomic E-state index is 14.9. The molecule has 2 aliphatic rings. The zero-order valence-corrected chi connectivity index (χ0v) is 38.8. The minimum Gasteiger partial charge on any atom is -0.478 e. The van der Waals surface area contributed by atoms with E-state index in [1.165, 1.54) is 78.9 Å². The number of nitrogens with zero attached hydrogens (tertiary/aromatic N) is 2. The Kier molecular flexibility index (Phi) is 12.3. The lowest BCUT2D eigenvalue weighted by atomic mass is 9.86. The van der Waals surface area contributed by atoms with Crippen LogP contribution in [0.25, 0.3) is 56.0 Å². The standard InChI is InChI=1S/C59H36N2O14/c62-47(63)24-10-32-6-12-34(13-7-32)39-16-18-41-51-43(20-22-45(49(39)51)57(70)71)55(68)60(53(41)66)37-28-36(59(74)75-27-26-31-4-2-1-3-5-31)29-38(30-37)61-54(67)42-19-17-40(35-14-8-33(9-15-35)11-25-48(64)65)50-46(58(72)73)23-21-44(52(42)50)56(61)69/h1-25,28-30H,26-27H2,(H,62,63)(H,64,65)(H,70,71)(H,72,73)/b24-10+,25-11+. The van der Waals surface area contributed by atoms with Crippen LogP contribution in [0.15, 0.2) is 158 Å². The van der Waals surface area contributed by atoms with E-state index in [1.54, 1.807) is 48.5 Å². The van der Waals surface area contributed by atoms with Crippen LogP contribution < -0.4 is 9.80 Å².